The van der Waals surface area contributed by atoms with Gasteiger partial charge in [-0.05, 0) is 72.8 Å². The Labute approximate surface area is 244 Å². The minimum absolute atomic E-state index is 0.0858. The molecule has 3 aromatic carbocycles. The van der Waals surface area contributed by atoms with E-state index in [9.17, 15) is 4.39 Å². The van der Waals surface area contributed by atoms with E-state index in [1.165, 1.54) is 32.1 Å². The molecule has 2 atom stereocenters. The molecule has 1 aliphatic heterocycles. The number of benzene rings is 3. The molecular formula is C37H45F3O. The zero-order valence-electron chi connectivity index (χ0n) is 24.6. The zero-order valence-corrected chi connectivity index (χ0v) is 24.6. The highest BCUT2D eigenvalue weighted by molar-refractivity contribution is 5.71. The summed E-state index contributed by atoms with van der Waals surface area (Å²) in [6.07, 6.45) is 15.8. The van der Waals surface area contributed by atoms with Gasteiger partial charge in [-0.1, -0.05) is 106 Å². The van der Waals surface area contributed by atoms with Crippen molar-refractivity contribution < 1.29 is 17.9 Å². The molecule has 1 heterocycles. The van der Waals surface area contributed by atoms with E-state index in [0.717, 1.165) is 50.5 Å². The molecule has 4 rings (SSSR count). The van der Waals surface area contributed by atoms with Gasteiger partial charge in [0.2, 0.25) is 0 Å². The molecular weight excluding hydrogens is 517 g/mol. The third kappa shape index (κ3) is 8.58. The third-order valence-electron chi connectivity index (χ3n) is 8.48. The molecule has 1 saturated heterocycles. The van der Waals surface area contributed by atoms with Gasteiger partial charge in [0.05, 0.1) is 12.7 Å². The molecule has 1 aliphatic rings. The molecule has 0 amide bonds. The van der Waals surface area contributed by atoms with Crippen LogP contribution in [0.15, 0.2) is 67.3 Å². The Morgan fingerprint density at radius 2 is 1.44 bits per heavy atom. The average molecular weight is 563 g/mol. The van der Waals surface area contributed by atoms with Crippen molar-refractivity contribution >= 4 is 0 Å². The fourth-order valence-electron chi connectivity index (χ4n) is 5.90. The van der Waals surface area contributed by atoms with Gasteiger partial charge in [0.1, 0.15) is 5.82 Å². The monoisotopic (exact) mass is 562 g/mol. The zero-order chi connectivity index (χ0) is 29.0. The summed E-state index contributed by atoms with van der Waals surface area (Å²) in [4.78, 5) is 0. The Morgan fingerprint density at radius 3 is 2.07 bits per heavy atom. The number of allylic oxidation sites excluding steroid dienone is 1. The van der Waals surface area contributed by atoms with Crippen LogP contribution in [0.3, 0.4) is 0 Å². The van der Waals surface area contributed by atoms with E-state index in [1.807, 2.05) is 12.1 Å². The van der Waals surface area contributed by atoms with Crippen LogP contribution in [0.5, 0.6) is 0 Å². The van der Waals surface area contributed by atoms with Crippen molar-refractivity contribution in [3.05, 3.63) is 95.8 Å². The summed E-state index contributed by atoms with van der Waals surface area (Å²) >= 11 is 0. The Hall–Kier alpha value is -2.85. The van der Waals surface area contributed by atoms with E-state index in [2.05, 4.69) is 13.5 Å². The van der Waals surface area contributed by atoms with Crippen LogP contribution in [0.2, 0.25) is 0 Å². The van der Waals surface area contributed by atoms with Crippen LogP contribution in [-0.4, -0.2) is 6.61 Å². The number of hydrogen-bond acceptors (Lipinski definition) is 1. The van der Waals surface area contributed by atoms with Crippen LogP contribution in [-0.2, 0) is 11.2 Å². The minimum Gasteiger partial charge on any atom is -0.373 e. The summed E-state index contributed by atoms with van der Waals surface area (Å²) in [5.41, 5.74) is 3.26. The average Bonchev–Trinajstić information content (AvgIpc) is 3.00. The molecule has 0 saturated carbocycles. The van der Waals surface area contributed by atoms with Crippen LogP contribution in [0.25, 0.3) is 22.3 Å². The molecule has 0 spiro atoms. The van der Waals surface area contributed by atoms with Crippen molar-refractivity contribution in [2.24, 2.45) is 5.92 Å². The quantitative estimate of drug-likeness (QED) is 0.132. The number of unbranched alkanes of at least 4 members (excludes halogenated alkanes) is 7. The third-order valence-corrected chi connectivity index (χ3v) is 8.48. The molecule has 0 aliphatic carbocycles. The van der Waals surface area contributed by atoms with E-state index in [4.69, 9.17) is 4.74 Å². The maximum absolute atomic E-state index is 15.2. The van der Waals surface area contributed by atoms with Crippen molar-refractivity contribution in [3.63, 3.8) is 0 Å². The van der Waals surface area contributed by atoms with Gasteiger partial charge >= 0.3 is 0 Å². The predicted octanol–water partition coefficient (Wildman–Crippen LogP) is 11.6. The fourth-order valence-corrected chi connectivity index (χ4v) is 5.90. The maximum atomic E-state index is 15.2. The van der Waals surface area contributed by atoms with Gasteiger partial charge in [-0.15, -0.1) is 6.58 Å². The summed E-state index contributed by atoms with van der Waals surface area (Å²) in [7, 11) is 0. The Balaban J connectivity index is 1.34. The lowest BCUT2D eigenvalue weighted by Crippen LogP contribution is -2.20. The van der Waals surface area contributed by atoms with E-state index < -0.39 is 11.6 Å². The van der Waals surface area contributed by atoms with Crippen LogP contribution >= 0.6 is 0 Å². The van der Waals surface area contributed by atoms with Crippen LogP contribution in [0, 0.1) is 23.4 Å². The Morgan fingerprint density at radius 1 is 0.780 bits per heavy atom. The lowest BCUT2D eigenvalue weighted by Gasteiger charge is -2.29. The highest BCUT2D eigenvalue weighted by atomic mass is 19.2. The normalized spacial score (nSPS) is 17.1. The first-order chi connectivity index (χ1) is 20.0. The molecule has 1 fully saturated rings. The fraction of sp³-hybridized carbons (Fsp3) is 0.459. The molecule has 0 bridgehead atoms. The van der Waals surface area contributed by atoms with Crippen molar-refractivity contribution in [2.45, 2.75) is 96.5 Å². The summed E-state index contributed by atoms with van der Waals surface area (Å²) < 4.78 is 51.1. The second-order valence-electron chi connectivity index (χ2n) is 11.6. The van der Waals surface area contributed by atoms with Crippen LogP contribution in [0.1, 0.15) is 101 Å². The molecule has 3 aromatic rings. The largest absolute Gasteiger partial charge is 0.373 e. The van der Waals surface area contributed by atoms with Crippen LogP contribution in [0.4, 0.5) is 13.2 Å². The summed E-state index contributed by atoms with van der Waals surface area (Å²) in [6, 6.07) is 15.6. The Bertz CT molecular complexity index is 1240. The van der Waals surface area contributed by atoms with Gasteiger partial charge in [-0.25, -0.2) is 13.2 Å². The van der Waals surface area contributed by atoms with Gasteiger partial charge in [-0.3, -0.25) is 0 Å². The number of halogens is 3. The van der Waals surface area contributed by atoms with E-state index in [1.54, 1.807) is 48.5 Å². The molecule has 220 valence electrons. The SMILES string of the molecule is C=CCCC1CCC(c2ccc(-c3ccc(-c4ccc(CCCCCCCCCC)c(F)c4F)cc3)c(F)c2)OC1. The highest BCUT2D eigenvalue weighted by Gasteiger charge is 2.23. The first-order valence-corrected chi connectivity index (χ1v) is 15.6. The van der Waals surface area contributed by atoms with Gasteiger partial charge < -0.3 is 4.74 Å². The molecule has 0 aromatic heterocycles. The second-order valence-corrected chi connectivity index (χ2v) is 11.6. The van der Waals surface area contributed by atoms with E-state index >= 15 is 8.78 Å². The van der Waals surface area contributed by atoms with E-state index in [0.29, 0.717) is 41.2 Å². The number of hydrogen-bond donors (Lipinski definition) is 0. The van der Waals surface area contributed by atoms with Crippen molar-refractivity contribution in [2.75, 3.05) is 6.61 Å². The smallest absolute Gasteiger partial charge is 0.166 e. The number of ether oxygens (including phenoxy) is 1. The van der Waals surface area contributed by atoms with Gasteiger partial charge in [0.15, 0.2) is 11.6 Å². The molecule has 0 N–H and O–H groups in total. The standard InChI is InChI=1S/C37H45F3O/c1-3-5-7-8-9-10-11-12-14-30-20-23-33(37(40)36(30)39)29-18-16-28(17-19-29)32-22-21-31(25-34(32)38)35-24-15-27(26-41-35)13-6-4-2/h4,16-23,25,27,35H,2-3,5-15,24,26H2,1H3. The summed E-state index contributed by atoms with van der Waals surface area (Å²) in [5.74, 6) is -1.34. The van der Waals surface area contributed by atoms with Crippen molar-refractivity contribution in [1.82, 2.24) is 0 Å². The van der Waals surface area contributed by atoms with Crippen LogP contribution < -0.4 is 0 Å². The second kappa shape index (κ2) is 16.0. The van der Waals surface area contributed by atoms with Gasteiger partial charge in [0, 0.05) is 11.1 Å². The molecule has 2 unspecified atom stereocenters. The predicted molar refractivity (Wildman–Crippen MR) is 164 cm³/mol. The lowest BCUT2D eigenvalue weighted by molar-refractivity contribution is -0.0191. The van der Waals surface area contributed by atoms with Gasteiger partial charge in [-0.2, -0.15) is 0 Å². The first-order valence-electron chi connectivity index (χ1n) is 15.6. The van der Waals surface area contributed by atoms with Gasteiger partial charge in [0.25, 0.3) is 0 Å². The minimum atomic E-state index is -0.815. The molecule has 0 radical (unpaired) electrons. The molecule has 1 nitrogen and oxygen atoms in total. The van der Waals surface area contributed by atoms with Crippen molar-refractivity contribution in [1.29, 1.82) is 0 Å². The lowest BCUT2D eigenvalue weighted by atomic mass is 9.91. The maximum Gasteiger partial charge on any atom is 0.166 e. The molecule has 4 heteroatoms. The topological polar surface area (TPSA) is 9.23 Å². The highest BCUT2D eigenvalue weighted by Crippen LogP contribution is 2.35. The Kier molecular flexibility index (Phi) is 12.1. The molecule has 41 heavy (non-hydrogen) atoms. The first kappa shape index (κ1) is 31.1. The van der Waals surface area contributed by atoms with Crippen molar-refractivity contribution in [3.8, 4) is 22.3 Å². The number of aryl methyl sites for hydroxylation is 1. The van der Waals surface area contributed by atoms with E-state index in [-0.39, 0.29) is 17.5 Å². The summed E-state index contributed by atoms with van der Waals surface area (Å²) in [6.45, 7) is 6.69. The number of rotatable bonds is 15. The summed E-state index contributed by atoms with van der Waals surface area (Å²) in [5, 5.41) is 0.